The third-order valence-corrected chi connectivity index (χ3v) is 8.15. The van der Waals surface area contributed by atoms with Gasteiger partial charge in [-0.15, -0.1) is 0 Å². The summed E-state index contributed by atoms with van der Waals surface area (Å²) in [6.45, 7) is 6.83. The van der Waals surface area contributed by atoms with Crippen molar-refractivity contribution in [3.63, 3.8) is 0 Å². The Kier molecular flexibility index (Phi) is 4.87. The predicted molar refractivity (Wildman–Crippen MR) is 132 cm³/mol. The minimum absolute atomic E-state index is 0.104. The van der Waals surface area contributed by atoms with Gasteiger partial charge < -0.3 is 4.74 Å². The average Bonchev–Trinajstić information content (AvgIpc) is 3.14. The first kappa shape index (κ1) is 21.2. The van der Waals surface area contributed by atoms with E-state index in [2.05, 4.69) is 50.2 Å². The largest absolute Gasteiger partial charge is 0.492 e. The van der Waals surface area contributed by atoms with Crippen LogP contribution in [0.3, 0.4) is 0 Å². The molecule has 0 N–H and O–H groups in total. The van der Waals surface area contributed by atoms with Gasteiger partial charge in [0, 0.05) is 11.8 Å². The zero-order chi connectivity index (χ0) is 23.6. The highest BCUT2D eigenvalue weighted by molar-refractivity contribution is 6.24. The molecule has 0 radical (unpaired) electrons. The number of benzene rings is 3. The van der Waals surface area contributed by atoms with Gasteiger partial charge in [-0.1, -0.05) is 68.4 Å². The van der Waals surface area contributed by atoms with Crippen LogP contribution in [0.2, 0.25) is 0 Å². The number of hydrogen-bond acceptors (Lipinski definition) is 3. The molecule has 1 saturated heterocycles. The highest BCUT2D eigenvalue weighted by Gasteiger charge is 2.62. The summed E-state index contributed by atoms with van der Waals surface area (Å²) < 4.78 is 5.80. The number of para-hydroxylation sites is 2. The Balaban J connectivity index is 1.53. The second kappa shape index (κ2) is 7.83. The maximum Gasteiger partial charge on any atom is 0.238 e. The third-order valence-electron chi connectivity index (χ3n) is 8.15. The van der Waals surface area contributed by atoms with Gasteiger partial charge in [0.1, 0.15) is 5.75 Å². The molecule has 5 atom stereocenters. The fourth-order valence-electron chi connectivity index (χ4n) is 6.44. The van der Waals surface area contributed by atoms with Gasteiger partial charge >= 0.3 is 0 Å². The van der Waals surface area contributed by atoms with Crippen molar-refractivity contribution in [2.24, 2.45) is 11.8 Å². The Morgan fingerprint density at radius 1 is 0.794 bits per heavy atom. The molecule has 3 aromatic carbocycles. The highest BCUT2D eigenvalue weighted by atomic mass is 16.5. The molecule has 3 aromatic rings. The lowest BCUT2D eigenvalue weighted by molar-refractivity contribution is -0.122. The molecule has 0 spiro atoms. The molecule has 2 bridgehead atoms. The van der Waals surface area contributed by atoms with Crippen molar-refractivity contribution in [1.29, 1.82) is 0 Å². The van der Waals surface area contributed by atoms with Gasteiger partial charge in [-0.3, -0.25) is 9.59 Å². The standard InChI is InChI=1S/C30H29NO3/c1-4-17(3)18-14-15-21-22(16-18)26-20-11-7-6-10-19(20)25(21)27-28(26)30(33)31(29(27)32)23-12-8-9-13-24(23)34-5-2/h6-17,25-28H,4-5H2,1-3H3/t17-,25+,26+,27+,28-/m1/s1. The lowest BCUT2D eigenvalue weighted by Crippen LogP contribution is -2.41. The molecule has 4 nitrogen and oxygen atoms in total. The van der Waals surface area contributed by atoms with E-state index in [1.807, 2.05) is 37.3 Å². The van der Waals surface area contributed by atoms with Crippen molar-refractivity contribution >= 4 is 17.5 Å². The molecule has 7 rings (SSSR count). The number of carbonyl (C=O) groups excluding carboxylic acids is 2. The van der Waals surface area contributed by atoms with Gasteiger partial charge in [-0.05, 0) is 59.2 Å². The first-order valence-corrected chi connectivity index (χ1v) is 12.4. The lowest BCUT2D eigenvalue weighted by atomic mass is 9.54. The normalized spacial score (nSPS) is 25.1. The van der Waals surface area contributed by atoms with Crippen LogP contribution in [0.4, 0.5) is 5.69 Å². The first-order chi connectivity index (χ1) is 16.6. The molecule has 34 heavy (non-hydrogen) atoms. The second-order valence-corrected chi connectivity index (χ2v) is 9.75. The fourth-order valence-corrected chi connectivity index (χ4v) is 6.44. The molecule has 0 saturated carbocycles. The van der Waals surface area contributed by atoms with E-state index >= 15 is 0 Å². The number of imide groups is 1. The smallest absolute Gasteiger partial charge is 0.238 e. The van der Waals surface area contributed by atoms with Gasteiger partial charge in [0.2, 0.25) is 11.8 Å². The van der Waals surface area contributed by atoms with E-state index in [1.54, 1.807) is 0 Å². The molecule has 3 aliphatic carbocycles. The highest BCUT2D eigenvalue weighted by Crippen LogP contribution is 2.61. The number of nitrogens with zero attached hydrogens (tertiary/aromatic N) is 1. The van der Waals surface area contributed by atoms with Crippen molar-refractivity contribution in [3.8, 4) is 5.75 Å². The van der Waals surface area contributed by atoms with Crippen LogP contribution in [0.1, 0.15) is 72.8 Å². The van der Waals surface area contributed by atoms with Crippen molar-refractivity contribution in [2.75, 3.05) is 11.5 Å². The van der Waals surface area contributed by atoms with Crippen molar-refractivity contribution in [1.82, 2.24) is 0 Å². The van der Waals surface area contributed by atoms with Gasteiger partial charge in [0.15, 0.2) is 0 Å². The van der Waals surface area contributed by atoms with Crippen LogP contribution >= 0.6 is 0 Å². The first-order valence-electron chi connectivity index (χ1n) is 12.4. The Morgan fingerprint density at radius 2 is 1.38 bits per heavy atom. The topological polar surface area (TPSA) is 46.6 Å². The number of anilines is 1. The van der Waals surface area contributed by atoms with E-state index in [4.69, 9.17) is 4.74 Å². The SMILES string of the molecule is CCOc1ccccc1N1C(=O)[C@@H]2[C@H]3c4ccccc4[C@@H](c4ccc([C@H](C)CC)cc43)[C@@H]2C1=O. The van der Waals surface area contributed by atoms with Crippen LogP contribution < -0.4 is 9.64 Å². The number of hydrogen-bond donors (Lipinski definition) is 0. The molecule has 0 aromatic heterocycles. The van der Waals surface area contributed by atoms with Gasteiger partial charge in [-0.2, -0.15) is 0 Å². The lowest BCUT2D eigenvalue weighted by Gasteiger charge is -2.46. The summed E-state index contributed by atoms with van der Waals surface area (Å²) in [6, 6.07) is 22.5. The monoisotopic (exact) mass is 451 g/mol. The van der Waals surface area contributed by atoms with Crippen LogP contribution in [0, 0.1) is 11.8 Å². The zero-order valence-electron chi connectivity index (χ0n) is 19.8. The Morgan fingerprint density at radius 3 is 2.03 bits per heavy atom. The molecule has 1 fully saturated rings. The van der Waals surface area contributed by atoms with Gasteiger partial charge in [0.05, 0.1) is 24.1 Å². The summed E-state index contributed by atoms with van der Waals surface area (Å²) in [5.74, 6) is -0.168. The van der Waals surface area contributed by atoms with E-state index in [0.29, 0.717) is 24.0 Å². The molecule has 172 valence electrons. The van der Waals surface area contributed by atoms with Crippen LogP contribution in [0.5, 0.6) is 5.75 Å². The number of carbonyl (C=O) groups is 2. The second-order valence-electron chi connectivity index (χ2n) is 9.75. The van der Waals surface area contributed by atoms with Crippen LogP contribution in [-0.4, -0.2) is 18.4 Å². The maximum absolute atomic E-state index is 14.0. The van der Waals surface area contributed by atoms with Crippen LogP contribution in [-0.2, 0) is 9.59 Å². The summed E-state index contributed by atoms with van der Waals surface area (Å²) in [7, 11) is 0. The number of rotatable bonds is 5. The summed E-state index contributed by atoms with van der Waals surface area (Å²) >= 11 is 0. The molecule has 4 heteroatoms. The fraction of sp³-hybridized carbons (Fsp3) is 0.333. The molecule has 4 aliphatic rings. The minimum atomic E-state index is -0.387. The van der Waals surface area contributed by atoms with E-state index in [1.165, 1.54) is 32.7 Å². The van der Waals surface area contributed by atoms with E-state index < -0.39 is 0 Å². The van der Waals surface area contributed by atoms with E-state index in [0.717, 1.165) is 6.42 Å². The Hall–Kier alpha value is -3.40. The van der Waals surface area contributed by atoms with E-state index in [9.17, 15) is 9.59 Å². The molecule has 1 aliphatic heterocycles. The summed E-state index contributed by atoms with van der Waals surface area (Å²) in [6.07, 6.45) is 1.06. The van der Waals surface area contributed by atoms with Gasteiger partial charge in [-0.25, -0.2) is 4.90 Å². The maximum atomic E-state index is 14.0. The van der Waals surface area contributed by atoms with Crippen LogP contribution in [0.15, 0.2) is 66.7 Å². The summed E-state index contributed by atoms with van der Waals surface area (Å²) in [5.41, 5.74) is 6.68. The number of amides is 2. The van der Waals surface area contributed by atoms with Crippen molar-refractivity contribution < 1.29 is 14.3 Å². The molecular formula is C30H29NO3. The predicted octanol–water partition coefficient (Wildman–Crippen LogP) is 6.00. The van der Waals surface area contributed by atoms with Gasteiger partial charge in [0.25, 0.3) is 0 Å². The average molecular weight is 452 g/mol. The molecule has 1 heterocycles. The minimum Gasteiger partial charge on any atom is -0.492 e. The summed E-state index contributed by atoms with van der Waals surface area (Å²) in [5, 5.41) is 0. The molecule has 0 unspecified atom stereocenters. The number of ether oxygens (including phenoxy) is 1. The van der Waals surface area contributed by atoms with E-state index in [-0.39, 0.29) is 35.5 Å². The quantitative estimate of drug-likeness (QED) is 0.447. The molecule has 2 amide bonds. The molecular weight excluding hydrogens is 422 g/mol. The van der Waals surface area contributed by atoms with Crippen molar-refractivity contribution in [3.05, 3.63) is 94.5 Å². The Labute approximate surface area is 200 Å². The summed E-state index contributed by atoms with van der Waals surface area (Å²) in [4.78, 5) is 29.4. The van der Waals surface area contributed by atoms with Crippen molar-refractivity contribution in [2.45, 2.75) is 44.9 Å². The Bertz CT molecular complexity index is 1310. The third kappa shape index (κ3) is 2.78. The zero-order valence-corrected chi connectivity index (χ0v) is 19.8. The van der Waals surface area contributed by atoms with Crippen LogP contribution in [0.25, 0.3) is 0 Å².